The van der Waals surface area contributed by atoms with Gasteiger partial charge in [-0.1, -0.05) is 13.8 Å². The molecule has 0 aliphatic heterocycles. The van der Waals surface area contributed by atoms with Crippen LogP contribution in [0.3, 0.4) is 0 Å². The van der Waals surface area contributed by atoms with Gasteiger partial charge in [0.2, 0.25) is 0 Å². The zero-order valence-corrected chi connectivity index (χ0v) is 17.8. The van der Waals surface area contributed by atoms with Crippen LogP contribution in [0.4, 0.5) is 0 Å². The average Bonchev–Trinajstić information content (AvgIpc) is 2.75. The Bertz CT molecular complexity index is 1350. The topological polar surface area (TPSA) is 78.9 Å². The van der Waals surface area contributed by atoms with E-state index >= 15 is 0 Å². The summed E-state index contributed by atoms with van der Waals surface area (Å²) in [5, 5.41) is 1.63. The highest BCUT2D eigenvalue weighted by Crippen LogP contribution is 2.31. The third-order valence-electron chi connectivity index (χ3n) is 5.24. The van der Waals surface area contributed by atoms with Crippen LogP contribution in [0.15, 0.2) is 67.0 Å². The van der Waals surface area contributed by atoms with Crippen molar-refractivity contribution >= 4 is 21.9 Å². The maximum Gasteiger partial charge on any atom is 0.336 e. The van der Waals surface area contributed by atoms with E-state index in [2.05, 4.69) is 13.8 Å². The molecule has 160 valence electrons. The van der Waals surface area contributed by atoms with Crippen LogP contribution in [-0.2, 0) is 13.0 Å². The van der Waals surface area contributed by atoms with Gasteiger partial charge in [-0.3, -0.25) is 0 Å². The van der Waals surface area contributed by atoms with Crippen LogP contribution in [0.2, 0.25) is 0 Å². The summed E-state index contributed by atoms with van der Waals surface area (Å²) in [6.07, 6.45) is 1.64. The largest absolute Gasteiger partial charge is 0.497 e. The maximum atomic E-state index is 12.1. The van der Waals surface area contributed by atoms with Crippen molar-refractivity contribution in [3.05, 3.63) is 80.5 Å². The summed E-state index contributed by atoms with van der Waals surface area (Å²) >= 11 is 0. The van der Waals surface area contributed by atoms with E-state index in [9.17, 15) is 9.59 Å². The first kappa shape index (κ1) is 20.7. The van der Waals surface area contributed by atoms with Crippen molar-refractivity contribution in [2.75, 3.05) is 7.11 Å². The lowest BCUT2D eigenvalue weighted by Gasteiger charge is -2.15. The van der Waals surface area contributed by atoms with Crippen LogP contribution in [-0.4, -0.2) is 7.11 Å². The van der Waals surface area contributed by atoms with Crippen molar-refractivity contribution in [1.82, 2.24) is 0 Å². The first-order valence-corrected chi connectivity index (χ1v) is 10.2. The van der Waals surface area contributed by atoms with Gasteiger partial charge in [-0.2, -0.15) is 0 Å². The molecule has 2 aromatic heterocycles. The van der Waals surface area contributed by atoms with Crippen molar-refractivity contribution < 1.29 is 18.3 Å². The van der Waals surface area contributed by atoms with Crippen LogP contribution in [0, 0.1) is 5.92 Å². The van der Waals surface area contributed by atoms with Crippen molar-refractivity contribution in [2.24, 2.45) is 5.92 Å². The van der Waals surface area contributed by atoms with Gasteiger partial charge < -0.3 is 18.3 Å². The molecule has 0 spiro atoms. The van der Waals surface area contributed by atoms with Crippen molar-refractivity contribution in [3.8, 4) is 11.5 Å². The SMILES string of the molecule is COc1ccc2c(COc3ccc4ccc(=O)oc4c3CCC(C)C)cc(=O)oc2c1. The Morgan fingerprint density at radius 1 is 0.935 bits per heavy atom. The van der Waals surface area contributed by atoms with Crippen LogP contribution < -0.4 is 20.7 Å². The molecule has 0 atom stereocenters. The molecule has 0 fully saturated rings. The Balaban J connectivity index is 1.73. The van der Waals surface area contributed by atoms with Crippen molar-refractivity contribution in [2.45, 2.75) is 33.3 Å². The quantitative estimate of drug-likeness (QED) is 0.388. The van der Waals surface area contributed by atoms with Gasteiger partial charge in [0.05, 0.1) is 7.11 Å². The van der Waals surface area contributed by atoms with Gasteiger partial charge in [0, 0.05) is 40.1 Å². The minimum absolute atomic E-state index is 0.172. The zero-order valence-electron chi connectivity index (χ0n) is 17.8. The van der Waals surface area contributed by atoms with Crippen LogP contribution in [0.5, 0.6) is 11.5 Å². The summed E-state index contributed by atoms with van der Waals surface area (Å²) < 4.78 is 22.2. The molecule has 0 saturated carbocycles. The predicted octanol–water partition coefficient (Wildman–Crippen LogP) is 5.08. The molecule has 6 heteroatoms. The van der Waals surface area contributed by atoms with E-state index in [-0.39, 0.29) is 6.61 Å². The number of rotatable bonds is 7. The average molecular weight is 420 g/mol. The van der Waals surface area contributed by atoms with Crippen molar-refractivity contribution in [1.29, 1.82) is 0 Å². The molecule has 31 heavy (non-hydrogen) atoms. The Morgan fingerprint density at radius 3 is 2.52 bits per heavy atom. The highest BCUT2D eigenvalue weighted by Gasteiger charge is 2.14. The highest BCUT2D eigenvalue weighted by atomic mass is 16.5. The van der Waals surface area contributed by atoms with Crippen molar-refractivity contribution in [3.63, 3.8) is 0 Å². The highest BCUT2D eigenvalue weighted by molar-refractivity contribution is 5.83. The van der Waals surface area contributed by atoms with E-state index in [1.165, 1.54) is 12.1 Å². The summed E-state index contributed by atoms with van der Waals surface area (Å²) in [6, 6.07) is 13.7. The van der Waals surface area contributed by atoms with E-state index in [0.29, 0.717) is 40.6 Å². The number of hydrogen-bond donors (Lipinski definition) is 0. The fourth-order valence-electron chi connectivity index (χ4n) is 3.59. The zero-order chi connectivity index (χ0) is 22.0. The first-order valence-electron chi connectivity index (χ1n) is 10.2. The van der Waals surface area contributed by atoms with Gasteiger partial charge >= 0.3 is 11.3 Å². The Hall–Kier alpha value is -3.54. The first-order chi connectivity index (χ1) is 14.9. The molecular weight excluding hydrogens is 396 g/mol. The van der Waals surface area contributed by atoms with Gasteiger partial charge in [0.15, 0.2) is 0 Å². The molecule has 0 saturated heterocycles. The lowest BCUT2D eigenvalue weighted by atomic mass is 10.00. The molecule has 2 heterocycles. The molecule has 0 aliphatic carbocycles. The monoisotopic (exact) mass is 420 g/mol. The van der Waals surface area contributed by atoms with E-state index in [1.807, 2.05) is 24.3 Å². The third-order valence-corrected chi connectivity index (χ3v) is 5.24. The normalized spacial score (nSPS) is 11.4. The minimum Gasteiger partial charge on any atom is -0.497 e. The van der Waals surface area contributed by atoms with E-state index < -0.39 is 11.3 Å². The Labute approximate surface area is 179 Å². The molecule has 4 rings (SSSR count). The van der Waals surface area contributed by atoms with Gasteiger partial charge in [-0.05, 0) is 49.1 Å². The summed E-state index contributed by atoms with van der Waals surface area (Å²) in [5.41, 5.74) is 1.71. The molecule has 6 nitrogen and oxygen atoms in total. The molecule has 0 N–H and O–H groups in total. The van der Waals surface area contributed by atoms with Gasteiger partial charge in [0.25, 0.3) is 0 Å². The van der Waals surface area contributed by atoms with E-state index in [1.54, 1.807) is 19.2 Å². The molecular formula is C25H24O6. The van der Waals surface area contributed by atoms with E-state index in [0.717, 1.165) is 22.8 Å². The number of fused-ring (bicyclic) bond motifs is 2. The molecule has 0 aliphatic rings. The van der Waals surface area contributed by atoms with Crippen LogP contribution in [0.25, 0.3) is 21.9 Å². The summed E-state index contributed by atoms with van der Waals surface area (Å²) in [7, 11) is 1.56. The standard InChI is InChI=1S/C25H24O6/c1-15(2)4-8-20-21(10-5-16-6-11-23(26)31-25(16)20)29-14-17-12-24(27)30-22-13-18(28-3)7-9-19(17)22/h5-7,9-13,15H,4,8,14H2,1-3H3. The smallest absolute Gasteiger partial charge is 0.336 e. The second-order valence-corrected chi connectivity index (χ2v) is 7.89. The molecule has 0 radical (unpaired) electrons. The third kappa shape index (κ3) is 4.48. The number of methoxy groups -OCH3 is 1. The van der Waals surface area contributed by atoms with Gasteiger partial charge in [0.1, 0.15) is 29.3 Å². The fraction of sp³-hybridized carbons (Fsp3) is 0.280. The summed E-state index contributed by atoms with van der Waals surface area (Å²) in [4.78, 5) is 23.9. The fourth-order valence-corrected chi connectivity index (χ4v) is 3.59. The number of benzene rings is 2. The second-order valence-electron chi connectivity index (χ2n) is 7.89. The Kier molecular flexibility index (Phi) is 5.80. The molecule has 0 amide bonds. The lowest BCUT2D eigenvalue weighted by Crippen LogP contribution is -2.06. The minimum atomic E-state index is -0.455. The molecule has 0 bridgehead atoms. The summed E-state index contributed by atoms with van der Waals surface area (Å²) in [5.74, 6) is 1.72. The van der Waals surface area contributed by atoms with Crippen LogP contribution in [0.1, 0.15) is 31.4 Å². The van der Waals surface area contributed by atoms with Gasteiger partial charge in [-0.25, -0.2) is 9.59 Å². The predicted molar refractivity (Wildman–Crippen MR) is 119 cm³/mol. The van der Waals surface area contributed by atoms with Gasteiger partial charge in [-0.15, -0.1) is 0 Å². The van der Waals surface area contributed by atoms with E-state index in [4.69, 9.17) is 18.3 Å². The maximum absolute atomic E-state index is 12.1. The number of aryl methyl sites for hydroxylation is 1. The summed E-state index contributed by atoms with van der Waals surface area (Å²) in [6.45, 7) is 4.46. The Morgan fingerprint density at radius 2 is 1.74 bits per heavy atom. The molecule has 4 aromatic rings. The lowest BCUT2D eigenvalue weighted by molar-refractivity contribution is 0.302. The van der Waals surface area contributed by atoms with Crippen LogP contribution >= 0.6 is 0 Å². The number of hydrogen-bond acceptors (Lipinski definition) is 6. The molecule has 2 aromatic carbocycles. The molecule has 0 unspecified atom stereocenters. The second kappa shape index (κ2) is 8.68. The number of ether oxygens (including phenoxy) is 2.